The Morgan fingerprint density at radius 2 is 2.22 bits per heavy atom. The van der Waals surface area contributed by atoms with Crippen molar-refractivity contribution >= 4 is 5.90 Å². The van der Waals surface area contributed by atoms with Gasteiger partial charge in [-0.1, -0.05) is 19.8 Å². The van der Waals surface area contributed by atoms with Crippen LogP contribution in [-0.4, -0.2) is 23.0 Å². The third-order valence-corrected chi connectivity index (χ3v) is 2.97. The average Bonchev–Trinajstić information content (AvgIpc) is 2.70. The summed E-state index contributed by atoms with van der Waals surface area (Å²) in [5.74, 6) is -1.27. The number of ether oxygens (including phenoxy) is 1. The van der Waals surface area contributed by atoms with Gasteiger partial charge < -0.3 is 4.74 Å². The summed E-state index contributed by atoms with van der Waals surface area (Å²) in [6.45, 7) is 4.49. The number of hydrogen-bond acceptors (Lipinski definition) is 3. The van der Waals surface area contributed by atoms with E-state index in [4.69, 9.17) is 4.74 Å². The summed E-state index contributed by atoms with van der Waals surface area (Å²) in [5.41, 5.74) is -0.343. The summed E-state index contributed by atoms with van der Waals surface area (Å²) in [5, 5.41) is 0. The number of nitrogens with zero attached hydrogens (tertiary/aromatic N) is 2. The van der Waals surface area contributed by atoms with Crippen LogP contribution < -0.4 is 0 Å². The lowest BCUT2D eigenvalue weighted by Gasteiger charge is -2.16. The molecule has 1 atom stereocenters. The second-order valence-electron chi connectivity index (χ2n) is 4.79. The van der Waals surface area contributed by atoms with Crippen LogP contribution in [0.5, 0.6) is 0 Å². The molecule has 2 heterocycles. The molecule has 0 saturated carbocycles. The molecule has 0 radical (unpaired) electrons. The SMILES string of the molecule is CCCC[C@]1(C)COC(c2ncc(F)cc2F)=N1. The molecule has 1 aromatic heterocycles. The van der Waals surface area contributed by atoms with Gasteiger partial charge in [-0.3, -0.25) is 0 Å². The van der Waals surface area contributed by atoms with Crippen LogP contribution in [0.15, 0.2) is 17.3 Å². The van der Waals surface area contributed by atoms with E-state index in [1.165, 1.54) is 0 Å². The largest absolute Gasteiger partial charge is 0.474 e. The molecule has 2 rings (SSSR count). The third kappa shape index (κ3) is 2.66. The lowest BCUT2D eigenvalue weighted by Crippen LogP contribution is -2.23. The lowest BCUT2D eigenvalue weighted by molar-refractivity contribution is 0.254. The highest BCUT2D eigenvalue weighted by Gasteiger charge is 2.33. The van der Waals surface area contributed by atoms with Gasteiger partial charge in [0.2, 0.25) is 5.90 Å². The molecular weight excluding hydrogens is 238 g/mol. The molecule has 0 N–H and O–H groups in total. The Morgan fingerprint density at radius 1 is 1.44 bits per heavy atom. The quantitative estimate of drug-likeness (QED) is 0.827. The van der Waals surface area contributed by atoms with E-state index in [9.17, 15) is 8.78 Å². The van der Waals surface area contributed by atoms with Gasteiger partial charge in [-0.15, -0.1) is 0 Å². The van der Waals surface area contributed by atoms with Crippen LogP contribution in [0.2, 0.25) is 0 Å². The molecule has 1 aliphatic heterocycles. The Labute approximate surface area is 105 Å². The second kappa shape index (κ2) is 5.00. The van der Waals surface area contributed by atoms with Crippen molar-refractivity contribution in [3.63, 3.8) is 0 Å². The standard InChI is InChI=1S/C13H16F2N2O/c1-3-4-5-13(2)8-18-12(17-13)11-10(15)6-9(14)7-16-11/h6-7H,3-5,8H2,1-2H3/t13-/m1/s1. The smallest absolute Gasteiger partial charge is 0.239 e. The molecule has 0 bridgehead atoms. The van der Waals surface area contributed by atoms with Crippen molar-refractivity contribution < 1.29 is 13.5 Å². The Hall–Kier alpha value is -1.52. The lowest BCUT2D eigenvalue weighted by atomic mass is 9.97. The number of halogens is 2. The van der Waals surface area contributed by atoms with Gasteiger partial charge >= 0.3 is 0 Å². The van der Waals surface area contributed by atoms with E-state index in [1.807, 2.05) is 6.92 Å². The van der Waals surface area contributed by atoms with E-state index in [2.05, 4.69) is 16.9 Å². The number of hydrogen-bond donors (Lipinski definition) is 0. The molecule has 0 saturated heterocycles. The average molecular weight is 254 g/mol. The number of unbranched alkanes of at least 4 members (excludes halogenated alkanes) is 1. The summed E-state index contributed by atoms with van der Waals surface area (Å²) in [6.07, 6.45) is 3.96. The zero-order chi connectivity index (χ0) is 13.2. The van der Waals surface area contributed by atoms with Gasteiger partial charge in [-0.2, -0.15) is 0 Å². The number of aliphatic imine (C=N–C) groups is 1. The highest BCUT2D eigenvalue weighted by Crippen LogP contribution is 2.26. The van der Waals surface area contributed by atoms with Crippen LogP contribution in [0.3, 0.4) is 0 Å². The van der Waals surface area contributed by atoms with Gasteiger partial charge in [0, 0.05) is 6.07 Å². The van der Waals surface area contributed by atoms with Gasteiger partial charge in [-0.05, 0) is 13.3 Å². The van der Waals surface area contributed by atoms with Crippen LogP contribution in [-0.2, 0) is 4.74 Å². The van der Waals surface area contributed by atoms with E-state index in [-0.39, 0.29) is 17.1 Å². The molecule has 3 nitrogen and oxygen atoms in total. The van der Waals surface area contributed by atoms with E-state index in [0.29, 0.717) is 6.61 Å². The normalized spacial score (nSPS) is 22.8. The maximum Gasteiger partial charge on any atom is 0.239 e. The Kier molecular flexibility index (Phi) is 3.59. The highest BCUT2D eigenvalue weighted by atomic mass is 19.1. The first-order valence-corrected chi connectivity index (χ1v) is 6.08. The van der Waals surface area contributed by atoms with Gasteiger partial charge in [0.1, 0.15) is 12.4 Å². The van der Waals surface area contributed by atoms with Crippen molar-refractivity contribution in [2.45, 2.75) is 38.6 Å². The zero-order valence-electron chi connectivity index (χ0n) is 10.5. The maximum absolute atomic E-state index is 13.5. The van der Waals surface area contributed by atoms with Crippen molar-refractivity contribution in [1.29, 1.82) is 0 Å². The van der Waals surface area contributed by atoms with Crippen molar-refractivity contribution in [3.05, 3.63) is 29.6 Å². The van der Waals surface area contributed by atoms with Crippen molar-refractivity contribution in [2.75, 3.05) is 6.61 Å². The van der Waals surface area contributed by atoms with Crippen molar-refractivity contribution in [3.8, 4) is 0 Å². The van der Waals surface area contributed by atoms with Crippen LogP contribution in [0.1, 0.15) is 38.8 Å². The maximum atomic E-state index is 13.5. The van der Waals surface area contributed by atoms with Crippen LogP contribution >= 0.6 is 0 Å². The molecule has 0 aromatic carbocycles. The third-order valence-electron chi connectivity index (χ3n) is 2.97. The molecule has 18 heavy (non-hydrogen) atoms. The fourth-order valence-electron chi connectivity index (χ4n) is 1.91. The Bertz CT molecular complexity index is 476. The first-order valence-electron chi connectivity index (χ1n) is 6.08. The van der Waals surface area contributed by atoms with Crippen LogP contribution in [0.4, 0.5) is 8.78 Å². The molecule has 0 unspecified atom stereocenters. The predicted octanol–water partition coefficient (Wildman–Crippen LogP) is 3.09. The molecule has 1 aliphatic rings. The first kappa shape index (κ1) is 12.9. The van der Waals surface area contributed by atoms with Gasteiger partial charge in [-0.25, -0.2) is 18.8 Å². The summed E-state index contributed by atoms with van der Waals surface area (Å²) in [4.78, 5) is 8.09. The van der Waals surface area contributed by atoms with Gasteiger partial charge in [0.15, 0.2) is 11.5 Å². The summed E-state index contributed by atoms with van der Waals surface area (Å²) in [6, 6.07) is 0.788. The minimum absolute atomic E-state index is 0.0170. The van der Waals surface area contributed by atoms with Gasteiger partial charge in [0.25, 0.3) is 0 Å². The highest BCUT2D eigenvalue weighted by molar-refractivity contribution is 5.93. The van der Waals surface area contributed by atoms with Gasteiger partial charge in [0.05, 0.1) is 11.7 Å². The summed E-state index contributed by atoms with van der Waals surface area (Å²) < 4.78 is 31.7. The Balaban J connectivity index is 2.22. The minimum atomic E-state index is -0.742. The van der Waals surface area contributed by atoms with E-state index >= 15 is 0 Å². The molecule has 0 spiro atoms. The fourth-order valence-corrected chi connectivity index (χ4v) is 1.91. The molecule has 0 aliphatic carbocycles. The number of rotatable bonds is 4. The topological polar surface area (TPSA) is 34.5 Å². The number of pyridine rings is 1. The monoisotopic (exact) mass is 254 g/mol. The molecule has 5 heteroatoms. The predicted molar refractivity (Wildman–Crippen MR) is 64.6 cm³/mol. The van der Waals surface area contributed by atoms with Crippen LogP contribution in [0.25, 0.3) is 0 Å². The van der Waals surface area contributed by atoms with Crippen molar-refractivity contribution in [2.24, 2.45) is 4.99 Å². The minimum Gasteiger partial charge on any atom is -0.474 e. The second-order valence-corrected chi connectivity index (χ2v) is 4.79. The van der Waals surface area contributed by atoms with E-state index < -0.39 is 11.6 Å². The number of aromatic nitrogens is 1. The van der Waals surface area contributed by atoms with Crippen molar-refractivity contribution in [1.82, 2.24) is 4.98 Å². The first-order chi connectivity index (χ1) is 8.54. The zero-order valence-corrected chi connectivity index (χ0v) is 10.5. The van der Waals surface area contributed by atoms with E-state index in [1.54, 1.807) is 0 Å². The summed E-state index contributed by atoms with van der Waals surface area (Å²) in [7, 11) is 0. The summed E-state index contributed by atoms with van der Waals surface area (Å²) >= 11 is 0. The molecule has 0 amide bonds. The molecule has 98 valence electrons. The molecule has 0 fully saturated rings. The Morgan fingerprint density at radius 3 is 2.89 bits per heavy atom. The van der Waals surface area contributed by atoms with E-state index in [0.717, 1.165) is 31.5 Å². The molecule has 1 aromatic rings. The molecular formula is C13H16F2N2O. The van der Waals surface area contributed by atoms with Crippen LogP contribution in [0, 0.1) is 11.6 Å². The fraction of sp³-hybridized carbons (Fsp3) is 0.538.